The maximum atomic E-state index is 5.38. The number of nitrogens with two attached hydrogens (primary N) is 1. The smallest absolute Gasteiger partial charge is 0.111 e. The summed E-state index contributed by atoms with van der Waals surface area (Å²) in [5.41, 5.74) is 2.67. The molecule has 0 aliphatic rings. The van der Waals surface area contributed by atoms with Crippen molar-refractivity contribution in [3.8, 4) is 0 Å². The first-order valence-electron chi connectivity index (χ1n) is 5.74. The zero-order valence-electron chi connectivity index (χ0n) is 9.84. The molecule has 0 amide bonds. The molecule has 0 aromatic rings. The molecule has 14 heavy (non-hydrogen) atoms. The van der Waals surface area contributed by atoms with Gasteiger partial charge in [-0.3, -0.25) is 4.99 Å². The van der Waals surface area contributed by atoms with Gasteiger partial charge in [0.15, 0.2) is 0 Å². The van der Waals surface area contributed by atoms with E-state index in [-0.39, 0.29) is 0 Å². The molecule has 0 radical (unpaired) electrons. The monoisotopic (exact) mass is 199 g/mol. The van der Waals surface area contributed by atoms with E-state index >= 15 is 0 Å². The Balaban J connectivity index is 3.53. The van der Waals surface area contributed by atoms with Gasteiger partial charge in [0.1, 0.15) is 5.84 Å². The van der Waals surface area contributed by atoms with Crippen LogP contribution in [0.1, 0.15) is 59.3 Å². The summed E-state index contributed by atoms with van der Waals surface area (Å²) in [6.45, 7) is 6.36. The van der Waals surface area contributed by atoms with Gasteiger partial charge in [-0.1, -0.05) is 32.6 Å². The predicted octanol–water partition coefficient (Wildman–Crippen LogP) is 2.62. The predicted molar refractivity (Wildman–Crippen MR) is 63.3 cm³/mol. The van der Waals surface area contributed by atoms with Crippen molar-refractivity contribution in [2.75, 3.05) is 0 Å². The average molecular weight is 199 g/mol. The van der Waals surface area contributed by atoms with Gasteiger partial charge in [-0.05, 0) is 20.3 Å². The molecule has 0 saturated heterocycles. The van der Waals surface area contributed by atoms with Gasteiger partial charge in [0, 0.05) is 12.5 Å². The number of nitrogens with one attached hydrogen (secondary N) is 1. The van der Waals surface area contributed by atoms with Crippen LogP contribution in [0.4, 0.5) is 0 Å². The summed E-state index contributed by atoms with van der Waals surface area (Å²) in [5, 5.41) is 0. The van der Waals surface area contributed by atoms with Crippen LogP contribution in [0.25, 0.3) is 0 Å². The fraction of sp³-hybridized carbons (Fsp3) is 0.909. The highest BCUT2D eigenvalue weighted by atomic mass is 15.2. The van der Waals surface area contributed by atoms with Gasteiger partial charge in [-0.2, -0.15) is 0 Å². The van der Waals surface area contributed by atoms with Crippen molar-refractivity contribution in [1.82, 2.24) is 5.43 Å². The molecule has 3 heteroatoms. The Hall–Kier alpha value is -0.570. The molecule has 84 valence electrons. The van der Waals surface area contributed by atoms with Gasteiger partial charge in [0.25, 0.3) is 0 Å². The number of nitrogens with zero attached hydrogens (tertiary/aromatic N) is 1. The lowest BCUT2D eigenvalue weighted by molar-refractivity contribution is 0.637. The average Bonchev–Trinajstić information content (AvgIpc) is 2.15. The number of rotatable bonds is 7. The molecule has 0 atom stereocenters. The van der Waals surface area contributed by atoms with Crippen LogP contribution in [-0.4, -0.2) is 11.9 Å². The first-order valence-corrected chi connectivity index (χ1v) is 5.74. The maximum Gasteiger partial charge on any atom is 0.111 e. The Morgan fingerprint density at radius 2 is 1.86 bits per heavy atom. The minimum Gasteiger partial charge on any atom is -0.312 e. The molecule has 0 bridgehead atoms. The zero-order chi connectivity index (χ0) is 10.8. The van der Waals surface area contributed by atoms with E-state index in [4.69, 9.17) is 5.84 Å². The van der Waals surface area contributed by atoms with E-state index in [1.54, 1.807) is 0 Å². The number of aliphatic imine (C=N–C) groups is 1. The van der Waals surface area contributed by atoms with Crippen LogP contribution in [0.3, 0.4) is 0 Å². The van der Waals surface area contributed by atoms with Gasteiger partial charge in [-0.15, -0.1) is 0 Å². The van der Waals surface area contributed by atoms with Crippen LogP contribution in [0.2, 0.25) is 0 Å². The van der Waals surface area contributed by atoms with Gasteiger partial charge in [-0.25, -0.2) is 5.84 Å². The third kappa shape index (κ3) is 8.05. The summed E-state index contributed by atoms with van der Waals surface area (Å²) in [6, 6.07) is 0.330. The highest BCUT2D eigenvalue weighted by molar-refractivity contribution is 5.81. The van der Waals surface area contributed by atoms with Crippen molar-refractivity contribution in [1.29, 1.82) is 0 Å². The number of hydrazine groups is 1. The van der Waals surface area contributed by atoms with E-state index < -0.39 is 0 Å². The Morgan fingerprint density at radius 3 is 2.36 bits per heavy atom. The highest BCUT2D eigenvalue weighted by Crippen LogP contribution is 2.05. The molecular weight excluding hydrogens is 174 g/mol. The lowest BCUT2D eigenvalue weighted by Gasteiger charge is -2.07. The molecular formula is C11H25N3. The van der Waals surface area contributed by atoms with E-state index in [9.17, 15) is 0 Å². The summed E-state index contributed by atoms with van der Waals surface area (Å²) < 4.78 is 0. The van der Waals surface area contributed by atoms with Crippen LogP contribution in [0.5, 0.6) is 0 Å². The van der Waals surface area contributed by atoms with Crippen molar-refractivity contribution in [2.45, 2.75) is 65.3 Å². The largest absolute Gasteiger partial charge is 0.312 e. The molecule has 0 spiro atoms. The highest BCUT2D eigenvalue weighted by Gasteiger charge is 1.98. The second-order valence-corrected chi connectivity index (χ2v) is 3.98. The van der Waals surface area contributed by atoms with Gasteiger partial charge in [0.2, 0.25) is 0 Å². The van der Waals surface area contributed by atoms with Crippen molar-refractivity contribution < 1.29 is 0 Å². The second-order valence-electron chi connectivity index (χ2n) is 3.98. The van der Waals surface area contributed by atoms with Crippen molar-refractivity contribution in [3.63, 3.8) is 0 Å². The summed E-state index contributed by atoms with van der Waals surface area (Å²) in [5.74, 6) is 6.32. The molecule has 0 aromatic heterocycles. The Labute approximate surface area is 88.1 Å². The quantitative estimate of drug-likeness (QED) is 0.218. The second kappa shape index (κ2) is 9.00. The Bertz CT molecular complexity index is 153. The summed E-state index contributed by atoms with van der Waals surface area (Å²) in [6.07, 6.45) is 7.42. The Morgan fingerprint density at radius 1 is 1.21 bits per heavy atom. The van der Waals surface area contributed by atoms with E-state index in [1.807, 2.05) is 0 Å². The molecule has 0 rings (SSSR count). The van der Waals surface area contributed by atoms with Crippen LogP contribution >= 0.6 is 0 Å². The summed E-state index contributed by atoms with van der Waals surface area (Å²) >= 11 is 0. The topological polar surface area (TPSA) is 50.4 Å². The zero-order valence-corrected chi connectivity index (χ0v) is 9.84. The van der Waals surface area contributed by atoms with Crippen LogP contribution in [0.15, 0.2) is 4.99 Å². The van der Waals surface area contributed by atoms with Gasteiger partial charge >= 0.3 is 0 Å². The number of hydrogen-bond donors (Lipinski definition) is 2. The van der Waals surface area contributed by atoms with Gasteiger partial charge < -0.3 is 5.43 Å². The lowest BCUT2D eigenvalue weighted by atomic mass is 10.1. The SMILES string of the molecule is CCCCCCCC(=NC(C)C)NN. The number of hydrogen-bond acceptors (Lipinski definition) is 2. The third-order valence-corrected chi connectivity index (χ3v) is 2.10. The third-order valence-electron chi connectivity index (χ3n) is 2.10. The molecule has 0 fully saturated rings. The van der Waals surface area contributed by atoms with Crippen molar-refractivity contribution in [3.05, 3.63) is 0 Å². The van der Waals surface area contributed by atoms with Gasteiger partial charge in [0.05, 0.1) is 0 Å². The van der Waals surface area contributed by atoms with Crippen LogP contribution in [-0.2, 0) is 0 Å². The lowest BCUT2D eigenvalue weighted by Crippen LogP contribution is -2.31. The van der Waals surface area contributed by atoms with E-state index in [2.05, 4.69) is 31.2 Å². The minimum atomic E-state index is 0.330. The first-order chi connectivity index (χ1) is 6.70. The molecule has 3 N–H and O–H groups in total. The van der Waals surface area contributed by atoms with Crippen LogP contribution < -0.4 is 11.3 Å². The van der Waals surface area contributed by atoms with Crippen LogP contribution in [0, 0.1) is 0 Å². The van der Waals surface area contributed by atoms with Crippen molar-refractivity contribution >= 4 is 5.84 Å². The van der Waals surface area contributed by atoms with E-state index in [0.29, 0.717) is 6.04 Å². The normalized spacial score (nSPS) is 12.2. The molecule has 0 unspecified atom stereocenters. The summed E-state index contributed by atoms with van der Waals surface area (Å²) in [7, 11) is 0. The fourth-order valence-electron chi connectivity index (χ4n) is 1.38. The maximum absolute atomic E-state index is 5.38. The van der Waals surface area contributed by atoms with E-state index in [0.717, 1.165) is 12.3 Å². The molecule has 0 aromatic carbocycles. The molecule has 0 heterocycles. The standard InChI is InChI=1S/C11H25N3/c1-4-5-6-7-8-9-11(14-12)13-10(2)3/h10H,4-9,12H2,1-3H3,(H,13,14). The molecule has 0 aliphatic heterocycles. The summed E-state index contributed by atoms with van der Waals surface area (Å²) in [4.78, 5) is 4.39. The fourth-order valence-corrected chi connectivity index (χ4v) is 1.38. The van der Waals surface area contributed by atoms with Crippen molar-refractivity contribution in [2.24, 2.45) is 10.8 Å². The number of amidine groups is 1. The number of unbranched alkanes of at least 4 members (excludes halogenated alkanes) is 4. The molecule has 0 saturated carbocycles. The molecule has 0 aliphatic carbocycles. The minimum absolute atomic E-state index is 0.330. The Kier molecular flexibility index (Phi) is 8.64. The van der Waals surface area contributed by atoms with E-state index in [1.165, 1.54) is 32.1 Å². The molecule has 3 nitrogen and oxygen atoms in total. The first kappa shape index (κ1) is 13.4.